The van der Waals surface area contributed by atoms with Gasteiger partial charge in [-0.2, -0.15) is 0 Å². The quantitative estimate of drug-likeness (QED) is 0.0358. The molecule has 3 unspecified atom stereocenters. The minimum Gasteiger partial charge on any atom is -0.508 e. The third-order valence-electron chi connectivity index (χ3n) is 23.9. The topological polar surface area (TPSA) is 142 Å². The fourth-order valence-electron chi connectivity index (χ4n) is 16.3. The minimum absolute atomic E-state index is 0.103. The Bertz CT molecular complexity index is 5800. The number of aromatic hydroxyl groups is 7. The molecule has 7 nitrogen and oxygen atoms in total. The van der Waals surface area contributed by atoms with Crippen LogP contribution in [0.1, 0.15) is 205 Å². The zero-order valence-electron chi connectivity index (χ0n) is 73.1. The first-order valence-electron chi connectivity index (χ1n) is 43.0. The Balaban J connectivity index is 0.000000142. The fourth-order valence-corrected chi connectivity index (χ4v) is 16.3. The molecule has 0 aliphatic carbocycles. The van der Waals surface area contributed by atoms with Gasteiger partial charge >= 0.3 is 0 Å². The average Bonchev–Trinajstić information content (AvgIpc) is 0.831. The van der Waals surface area contributed by atoms with Gasteiger partial charge in [-0.25, -0.2) is 0 Å². The van der Waals surface area contributed by atoms with Crippen molar-refractivity contribution in [2.24, 2.45) is 0 Å². The van der Waals surface area contributed by atoms with Gasteiger partial charge in [0, 0.05) is 77.4 Å². The van der Waals surface area contributed by atoms with E-state index in [4.69, 9.17) is 0 Å². The zero-order valence-corrected chi connectivity index (χ0v) is 73.1. The Hall–Kier alpha value is -13.9. The van der Waals surface area contributed by atoms with Gasteiger partial charge in [-0.05, 0) is 157 Å². The molecule has 0 saturated heterocycles. The van der Waals surface area contributed by atoms with Gasteiger partial charge in [-0.1, -0.05) is 429 Å². The third kappa shape index (κ3) is 23.8. The predicted molar refractivity (Wildman–Crippen MR) is 513 cm³/mol. The van der Waals surface area contributed by atoms with Crippen molar-refractivity contribution < 1.29 is 35.7 Å². The van der Waals surface area contributed by atoms with Gasteiger partial charge in [0.25, 0.3) is 0 Å². The lowest BCUT2D eigenvalue weighted by Gasteiger charge is -2.31. The van der Waals surface area contributed by atoms with Crippen LogP contribution in [0.2, 0.25) is 0 Å². The van der Waals surface area contributed by atoms with Gasteiger partial charge in [0.1, 0.15) is 40.2 Å². The monoisotopic (exact) mass is 1630 g/mol. The molecule has 0 aromatic heterocycles. The molecular weight excluding hydrogens is 1520 g/mol. The summed E-state index contributed by atoms with van der Waals surface area (Å²) in [5, 5.41) is 73.6. The maximum atomic E-state index is 11.4. The molecule has 0 spiro atoms. The largest absolute Gasteiger partial charge is 0.508 e. The van der Waals surface area contributed by atoms with Crippen LogP contribution in [-0.4, -0.2) is 35.7 Å². The zero-order chi connectivity index (χ0) is 87.7. The first-order chi connectivity index (χ1) is 59.9. The van der Waals surface area contributed by atoms with Crippen LogP contribution in [0.25, 0.3) is 0 Å². The molecule has 3 atom stereocenters. The van der Waals surface area contributed by atoms with E-state index >= 15 is 0 Å². The Morgan fingerprint density at radius 3 is 0.927 bits per heavy atom. The number of phenolic OH excluding ortho intramolecular Hbond substituents is 7. The summed E-state index contributed by atoms with van der Waals surface area (Å²) < 4.78 is 0. The highest BCUT2D eigenvalue weighted by Gasteiger charge is 2.31. The van der Waals surface area contributed by atoms with Crippen molar-refractivity contribution in [3.05, 3.63) is 527 Å². The van der Waals surface area contributed by atoms with Gasteiger partial charge < -0.3 is 35.7 Å². The summed E-state index contributed by atoms with van der Waals surface area (Å²) in [7, 11) is 0. The number of para-hydroxylation sites is 1. The van der Waals surface area contributed by atoms with E-state index in [0.29, 0.717) is 35.8 Å². The lowest BCUT2D eigenvalue weighted by atomic mass is 9.73. The molecule has 7 N–H and O–H groups in total. The van der Waals surface area contributed by atoms with Crippen LogP contribution in [0, 0.1) is 20.8 Å². The summed E-state index contributed by atoms with van der Waals surface area (Å²) in [5.41, 5.74) is 26.5. The molecule has 16 aromatic carbocycles. The Morgan fingerprint density at radius 1 is 0.210 bits per heavy atom. The lowest BCUT2D eigenvalue weighted by molar-refractivity contribution is 0.451. The maximum Gasteiger partial charge on any atom is 0.123 e. The maximum absolute atomic E-state index is 11.4. The summed E-state index contributed by atoms with van der Waals surface area (Å²) in [6.45, 7) is 21.3. The minimum atomic E-state index is -0.270. The van der Waals surface area contributed by atoms with Gasteiger partial charge in [-0.3, -0.25) is 0 Å². The summed E-state index contributed by atoms with van der Waals surface area (Å²) in [6, 6.07) is 131. The van der Waals surface area contributed by atoms with Gasteiger partial charge in [-0.15, -0.1) is 0 Å². The third-order valence-corrected chi connectivity index (χ3v) is 23.9. The molecule has 0 radical (unpaired) electrons. The Labute approximate surface area is 735 Å². The van der Waals surface area contributed by atoms with Crippen molar-refractivity contribution in [3.8, 4) is 40.2 Å². The highest BCUT2D eigenvalue weighted by atomic mass is 16.3. The number of aryl methyl sites for hydroxylation is 3. The number of hydrogen-bond acceptors (Lipinski definition) is 7. The van der Waals surface area contributed by atoms with E-state index in [1.165, 1.54) is 66.8 Å². The van der Waals surface area contributed by atoms with E-state index in [2.05, 4.69) is 249 Å². The number of rotatable bonds is 22. The summed E-state index contributed by atoms with van der Waals surface area (Å²) in [4.78, 5) is 0. The van der Waals surface area contributed by atoms with Crippen molar-refractivity contribution in [1.29, 1.82) is 0 Å². The molecule has 0 aliphatic rings. The van der Waals surface area contributed by atoms with E-state index in [9.17, 15) is 35.7 Å². The molecule has 0 bridgehead atoms. The normalized spacial score (nSPS) is 11.8. The van der Waals surface area contributed by atoms with Crippen LogP contribution in [0.15, 0.2) is 388 Å². The molecule has 7 heteroatoms. The second-order valence-corrected chi connectivity index (χ2v) is 33.7. The smallest absolute Gasteiger partial charge is 0.123 e. The van der Waals surface area contributed by atoms with E-state index in [1.54, 1.807) is 18.2 Å². The number of phenols is 7. The van der Waals surface area contributed by atoms with Gasteiger partial charge in [0.15, 0.2) is 0 Å². The molecule has 16 rings (SSSR count). The second-order valence-electron chi connectivity index (χ2n) is 33.7. The van der Waals surface area contributed by atoms with Crippen LogP contribution in [0.5, 0.6) is 40.2 Å². The van der Waals surface area contributed by atoms with Crippen molar-refractivity contribution >= 4 is 0 Å². The first kappa shape index (κ1) is 89.4. The van der Waals surface area contributed by atoms with Crippen molar-refractivity contribution in [3.63, 3.8) is 0 Å². The van der Waals surface area contributed by atoms with Crippen LogP contribution < -0.4 is 0 Å². The molecule has 0 saturated carbocycles. The molecular formula is C117H116O7. The van der Waals surface area contributed by atoms with Crippen molar-refractivity contribution in [1.82, 2.24) is 0 Å². The van der Waals surface area contributed by atoms with Crippen molar-refractivity contribution in [2.45, 2.75) is 136 Å². The highest BCUT2D eigenvalue weighted by molar-refractivity contribution is 5.57. The van der Waals surface area contributed by atoms with Gasteiger partial charge in [0.2, 0.25) is 0 Å². The molecule has 0 fully saturated rings. The second kappa shape index (κ2) is 42.6. The van der Waals surface area contributed by atoms with E-state index < -0.39 is 0 Å². The molecule has 0 heterocycles. The predicted octanol–water partition coefficient (Wildman–Crippen LogP) is 27.9. The summed E-state index contributed by atoms with van der Waals surface area (Å²) in [5.74, 6) is 2.68. The Morgan fingerprint density at radius 2 is 0.524 bits per heavy atom. The number of hydrogen-bond donors (Lipinski definition) is 7. The lowest BCUT2D eigenvalue weighted by Crippen LogP contribution is -2.23. The van der Waals surface area contributed by atoms with E-state index in [0.717, 1.165) is 98.0 Å². The molecule has 626 valence electrons. The molecule has 0 amide bonds. The van der Waals surface area contributed by atoms with Crippen LogP contribution in [0.3, 0.4) is 0 Å². The van der Waals surface area contributed by atoms with Crippen LogP contribution in [-0.2, 0) is 49.4 Å². The average molecular weight is 1630 g/mol. The van der Waals surface area contributed by atoms with E-state index in [1.807, 2.05) is 191 Å². The summed E-state index contributed by atoms with van der Waals surface area (Å²) >= 11 is 0. The summed E-state index contributed by atoms with van der Waals surface area (Å²) in [6.07, 6.45) is 4.07. The molecule has 124 heavy (non-hydrogen) atoms. The van der Waals surface area contributed by atoms with Crippen molar-refractivity contribution in [2.75, 3.05) is 0 Å². The van der Waals surface area contributed by atoms with Crippen LogP contribution >= 0.6 is 0 Å². The van der Waals surface area contributed by atoms with Crippen LogP contribution in [0.4, 0.5) is 0 Å². The SMILES string of the molecule is CC(C)(c1ccccc1)c1ccc(O)c(C(C)(C)c2ccccc2)c1.CC(c1ccccc1)c1cc(C(C)c2ccccc2)c(O)c(C(C)c2ccccc2)c1.Cc1ccc(O)c(Cc2cc(C)cc(Cc3cc(C)ccc3O)c2O)c1.Oc1c(Cc2ccccc2)cccc1Cc1ccccc1.Oc1ccc(Cc2ccccc2)cc1Cc1ccccc1. The fraction of sp³-hybridized carbons (Fsp3) is 0.179. The molecule has 0 aliphatic heterocycles. The highest BCUT2D eigenvalue weighted by Crippen LogP contribution is 2.45. The number of benzene rings is 16. The standard InChI is InChI=1S/C30H30O.C24H26O.C23H24O3.2C20H18O/c1-21(24-13-7-4-8-14-24)27-19-28(22(2)25-15-9-5-10-16-25)30(31)29(20-27)23(3)26-17-11-6-12-18-26;1-23(2,18-11-7-5-8-12-18)20-15-16-22(25)21(17-20)24(3,4)19-13-9-6-10-14-19;1-14-4-6-21(24)17(8-14)12-19-10-16(3)11-20(23(19)26)13-18-9-15(2)5-7-22(18)25;21-20-18(14-16-8-3-1-4-9-16)12-7-13-19(20)15-17-10-5-2-6-11-17;21-20-12-11-18(13-16-7-3-1-4-8-16)15-19(20)14-17-9-5-2-6-10-17/h4-23,31H,1-3H3;5-17,25H,1-4H3;4-11,24-26H,12-13H2,1-3H3;1-13,21H,14-15H2;1-12,15,21H,13-14H2. The van der Waals surface area contributed by atoms with Gasteiger partial charge in [0.05, 0.1) is 0 Å². The molecule has 16 aromatic rings. The van der Waals surface area contributed by atoms with E-state index in [-0.39, 0.29) is 45.8 Å². The first-order valence-corrected chi connectivity index (χ1v) is 43.0. The Kier molecular flexibility index (Phi) is 30.7.